The molecule has 4 nitrogen and oxygen atoms in total. The molecule has 4 heteroatoms. The smallest absolute Gasteiger partial charge is 0.234 e. The number of unbranched alkanes of at least 4 members (excludes halogenated alkanes) is 1. The monoisotopic (exact) mass is 263 g/mol. The Morgan fingerprint density at radius 3 is 2.32 bits per heavy atom. The first-order valence-electron chi connectivity index (χ1n) is 6.52. The van der Waals surface area contributed by atoms with Gasteiger partial charge >= 0.3 is 0 Å². The Hall–Kier alpha value is -1.84. The molecule has 0 aromatic heterocycles. The highest BCUT2D eigenvalue weighted by atomic mass is 16.5. The molecule has 0 saturated carbocycles. The van der Waals surface area contributed by atoms with Crippen molar-refractivity contribution in [2.75, 3.05) is 18.6 Å². The third-order valence-electron chi connectivity index (χ3n) is 2.82. The summed E-state index contributed by atoms with van der Waals surface area (Å²) in [7, 11) is 1.60. The average molecular weight is 263 g/mol. The maximum Gasteiger partial charge on any atom is 0.234 e. The Morgan fingerprint density at radius 2 is 1.84 bits per heavy atom. The molecule has 0 N–H and O–H groups in total. The summed E-state index contributed by atoms with van der Waals surface area (Å²) in [6.07, 6.45) is 1.87. The molecule has 104 valence electrons. The number of hydrogen-bond donors (Lipinski definition) is 0. The Kier molecular flexibility index (Phi) is 6.06. The lowest BCUT2D eigenvalue weighted by molar-refractivity contribution is -0.125. The van der Waals surface area contributed by atoms with Crippen LogP contribution in [0, 0.1) is 0 Å². The summed E-state index contributed by atoms with van der Waals surface area (Å²) >= 11 is 0. The summed E-state index contributed by atoms with van der Waals surface area (Å²) in [5.41, 5.74) is 0.806. The van der Waals surface area contributed by atoms with Crippen molar-refractivity contribution in [1.29, 1.82) is 0 Å². The van der Waals surface area contributed by atoms with Crippen LogP contribution in [0.3, 0.4) is 0 Å². The van der Waals surface area contributed by atoms with Crippen molar-refractivity contribution in [3.63, 3.8) is 0 Å². The number of benzene rings is 1. The SMILES string of the molecule is CCCCN(C(=O)CC(C)=O)c1ccc(OC)cc1. The van der Waals surface area contributed by atoms with Gasteiger partial charge in [0.25, 0.3) is 0 Å². The molecule has 0 saturated heterocycles. The first kappa shape index (κ1) is 15.2. The second-order valence-electron chi connectivity index (χ2n) is 4.48. The fourth-order valence-electron chi connectivity index (χ4n) is 1.78. The molecule has 1 amide bonds. The van der Waals surface area contributed by atoms with E-state index in [1.54, 1.807) is 12.0 Å². The van der Waals surface area contributed by atoms with Gasteiger partial charge in [-0.2, -0.15) is 0 Å². The standard InChI is InChI=1S/C15H21NO3/c1-4-5-10-16(15(18)11-12(2)17)13-6-8-14(19-3)9-7-13/h6-9H,4-5,10-11H2,1-3H3. The largest absolute Gasteiger partial charge is 0.497 e. The molecule has 0 aliphatic carbocycles. The maximum atomic E-state index is 12.1. The van der Waals surface area contributed by atoms with Crippen LogP contribution >= 0.6 is 0 Å². The van der Waals surface area contributed by atoms with Crippen molar-refractivity contribution in [2.45, 2.75) is 33.1 Å². The van der Waals surface area contributed by atoms with E-state index in [0.717, 1.165) is 24.3 Å². The fraction of sp³-hybridized carbons (Fsp3) is 0.467. The van der Waals surface area contributed by atoms with Gasteiger partial charge in [0.2, 0.25) is 5.91 Å². The second kappa shape index (κ2) is 7.56. The van der Waals surface area contributed by atoms with Crippen LogP contribution in [0.15, 0.2) is 24.3 Å². The van der Waals surface area contributed by atoms with Gasteiger partial charge in [-0.1, -0.05) is 13.3 Å². The fourth-order valence-corrected chi connectivity index (χ4v) is 1.78. The van der Waals surface area contributed by atoms with Gasteiger partial charge in [0.05, 0.1) is 13.5 Å². The number of ketones is 1. The molecule has 0 bridgehead atoms. The number of ether oxygens (including phenoxy) is 1. The van der Waals surface area contributed by atoms with Crippen LogP contribution in [0.5, 0.6) is 5.75 Å². The molecular formula is C15H21NO3. The van der Waals surface area contributed by atoms with Crippen LogP contribution in [0.25, 0.3) is 0 Å². The van der Waals surface area contributed by atoms with Gasteiger partial charge in [0, 0.05) is 12.2 Å². The number of methoxy groups -OCH3 is 1. The minimum absolute atomic E-state index is 0.0459. The summed E-state index contributed by atoms with van der Waals surface area (Å²) in [6, 6.07) is 7.31. The minimum Gasteiger partial charge on any atom is -0.497 e. The molecule has 19 heavy (non-hydrogen) atoms. The van der Waals surface area contributed by atoms with Crippen LogP contribution in [0.1, 0.15) is 33.1 Å². The Labute approximate surface area is 114 Å². The molecule has 0 heterocycles. The molecule has 1 aromatic carbocycles. The number of anilines is 1. The van der Waals surface area contributed by atoms with Crippen molar-refractivity contribution in [1.82, 2.24) is 0 Å². The van der Waals surface area contributed by atoms with E-state index in [4.69, 9.17) is 4.74 Å². The number of Topliss-reactive ketones (excluding diaryl/α,β-unsaturated/α-hetero) is 1. The van der Waals surface area contributed by atoms with Crippen LogP contribution in [0.2, 0.25) is 0 Å². The van der Waals surface area contributed by atoms with Crippen molar-refractivity contribution in [3.05, 3.63) is 24.3 Å². The third kappa shape index (κ3) is 4.73. The normalized spacial score (nSPS) is 10.1. The topological polar surface area (TPSA) is 46.6 Å². The van der Waals surface area contributed by atoms with E-state index in [0.29, 0.717) is 6.54 Å². The van der Waals surface area contributed by atoms with Crippen LogP contribution in [-0.4, -0.2) is 25.3 Å². The van der Waals surface area contributed by atoms with Crippen molar-refractivity contribution in [3.8, 4) is 5.75 Å². The summed E-state index contributed by atoms with van der Waals surface area (Å²) in [5.74, 6) is 0.490. The summed E-state index contributed by atoms with van der Waals surface area (Å²) in [4.78, 5) is 24.9. The van der Waals surface area contributed by atoms with Crippen molar-refractivity contribution >= 4 is 17.4 Å². The summed E-state index contributed by atoms with van der Waals surface area (Å²) in [6.45, 7) is 4.14. The zero-order valence-corrected chi connectivity index (χ0v) is 11.8. The molecule has 0 unspecified atom stereocenters. The number of carbonyl (C=O) groups is 2. The number of nitrogens with zero attached hydrogens (tertiary/aromatic N) is 1. The highest BCUT2D eigenvalue weighted by Crippen LogP contribution is 2.20. The van der Waals surface area contributed by atoms with E-state index in [2.05, 4.69) is 6.92 Å². The van der Waals surface area contributed by atoms with Gasteiger partial charge < -0.3 is 9.64 Å². The highest BCUT2D eigenvalue weighted by molar-refractivity contribution is 6.04. The number of hydrogen-bond acceptors (Lipinski definition) is 3. The first-order chi connectivity index (χ1) is 9.08. The predicted octanol–water partition coefficient (Wildman–Crippen LogP) is 2.81. The van der Waals surface area contributed by atoms with Crippen molar-refractivity contribution < 1.29 is 14.3 Å². The zero-order valence-electron chi connectivity index (χ0n) is 11.8. The summed E-state index contributed by atoms with van der Waals surface area (Å²) in [5, 5.41) is 0. The summed E-state index contributed by atoms with van der Waals surface area (Å²) < 4.78 is 5.10. The Bertz CT molecular complexity index is 426. The third-order valence-corrected chi connectivity index (χ3v) is 2.82. The van der Waals surface area contributed by atoms with E-state index < -0.39 is 0 Å². The van der Waals surface area contributed by atoms with Gasteiger partial charge in [-0.3, -0.25) is 9.59 Å². The zero-order chi connectivity index (χ0) is 14.3. The maximum absolute atomic E-state index is 12.1. The van der Waals surface area contributed by atoms with E-state index in [9.17, 15) is 9.59 Å². The Morgan fingerprint density at radius 1 is 1.21 bits per heavy atom. The van der Waals surface area contributed by atoms with E-state index >= 15 is 0 Å². The van der Waals surface area contributed by atoms with Crippen LogP contribution in [-0.2, 0) is 9.59 Å². The van der Waals surface area contributed by atoms with Gasteiger partial charge in [0.1, 0.15) is 11.5 Å². The quantitative estimate of drug-likeness (QED) is 0.711. The molecule has 0 aliphatic rings. The first-order valence-corrected chi connectivity index (χ1v) is 6.52. The average Bonchev–Trinajstić information content (AvgIpc) is 2.39. The van der Waals surface area contributed by atoms with E-state index in [1.807, 2.05) is 24.3 Å². The lowest BCUT2D eigenvalue weighted by Gasteiger charge is -2.22. The van der Waals surface area contributed by atoms with Crippen LogP contribution < -0.4 is 9.64 Å². The Balaban J connectivity index is 2.87. The molecule has 1 rings (SSSR count). The molecule has 1 aromatic rings. The van der Waals surface area contributed by atoms with E-state index in [1.165, 1.54) is 6.92 Å². The predicted molar refractivity (Wildman–Crippen MR) is 75.6 cm³/mol. The van der Waals surface area contributed by atoms with Gasteiger partial charge in [-0.05, 0) is 37.6 Å². The second-order valence-corrected chi connectivity index (χ2v) is 4.48. The van der Waals surface area contributed by atoms with Gasteiger partial charge in [0.15, 0.2) is 0 Å². The van der Waals surface area contributed by atoms with Crippen molar-refractivity contribution in [2.24, 2.45) is 0 Å². The minimum atomic E-state index is -0.147. The van der Waals surface area contributed by atoms with Crippen LogP contribution in [0.4, 0.5) is 5.69 Å². The highest BCUT2D eigenvalue weighted by Gasteiger charge is 2.16. The molecule has 0 spiro atoms. The molecule has 0 radical (unpaired) electrons. The van der Waals surface area contributed by atoms with Gasteiger partial charge in [-0.25, -0.2) is 0 Å². The molecule has 0 aliphatic heterocycles. The number of rotatable bonds is 7. The molecule has 0 atom stereocenters. The number of carbonyl (C=O) groups excluding carboxylic acids is 2. The lowest BCUT2D eigenvalue weighted by atomic mass is 10.2. The van der Waals surface area contributed by atoms with E-state index in [-0.39, 0.29) is 18.1 Å². The molecule has 0 fully saturated rings. The number of amides is 1. The molecular weight excluding hydrogens is 242 g/mol. The van der Waals surface area contributed by atoms with Gasteiger partial charge in [-0.15, -0.1) is 0 Å². The lowest BCUT2D eigenvalue weighted by Crippen LogP contribution is -2.32.